The van der Waals surface area contributed by atoms with Gasteiger partial charge in [-0.2, -0.15) is 5.10 Å². The number of aryl methyl sites for hydroxylation is 1. The van der Waals surface area contributed by atoms with Crippen LogP contribution in [0.25, 0.3) is 0 Å². The largest absolute Gasteiger partial charge is 0.310 e. The molecular weight excluding hydrogens is 294 g/mol. The third kappa shape index (κ3) is 2.61. The first-order valence-corrected chi connectivity index (χ1v) is 7.07. The molecule has 0 radical (unpaired) electrons. The summed E-state index contributed by atoms with van der Waals surface area (Å²) in [7, 11) is 8.40. The number of piperazine rings is 1. The molecule has 102 valence electrons. The first-order valence-electron chi connectivity index (χ1n) is 6.28. The van der Waals surface area contributed by atoms with Gasteiger partial charge in [0.1, 0.15) is 0 Å². The van der Waals surface area contributed by atoms with E-state index in [1.54, 1.807) is 0 Å². The molecule has 5 nitrogen and oxygen atoms in total. The second-order valence-electron chi connectivity index (χ2n) is 5.08. The first-order chi connectivity index (χ1) is 8.54. The molecule has 1 saturated heterocycles. The Balaban J connectivity index is 2.27. The Hall–Kier alpha value is -0.430. The molecule has 0 spiro atoms. The lowest BCUT2D eigenvalue weighted by molar-refractivity contribution is 0.0874. The van der Waals surface area contributed by atoms with E-state index < -0.39 is 0 Å². The molecule has 0 saturated carbocycles. The van der Waals surface area contributed by atoms with Crippen molar-refractivity contribution in [3.05, 3.63) is 16.4 Å². The van der Waals surface area contributed by atoms with Crippen LogP contribution in [0.2, 0.25) is 0 Å². The maximum absolute atomic E-state index is 4.32. The number of likely N-dealkylation sites (N-methyl/N-ethyl adjacent to an activating group) is 3. The van der Waals surface area contributed by atoms with Gasteiger partial charge in [0, 0.05) is 32.7 Å². The molecule has 2 unspecified atom stereocenters. The van der Waals surface area contributed by atoms with Crippen molar-refractivity contribution in [2.75, 3.05) is 40.8 Å². The van der Waals surface area contributed by atoms with E-state index in [1.165, 1.54) is 5.69 Å². The highest BCUT2D eigenvalue weighted by Gasteiger charge is 2.32. The predicted octanol–water partition coefficient (Wildman–Crippen LogP) is 0.689. The number of hydrogen-bond acceptors (Lipinski definition) is 4. The standard InChI is InChI=1S/C12H22BrN5/c1-14-11(12-9(13)7-15-18(12)4)10-8-16(2)5-6-17(10)3/h7,10-11,14H,5-6,8H2,1-4H3. The van der Waals surface area contributed by atoms with Gasteiger partial charge in [0.2, 0.25) is 0 Å². The van der Waals surface area contributed by atoms with E-state index in [1.807, 2.05) is 25.0 Å². The Morgan fingerprint density at radius 1 is 1.39 bits per heavy atom. The van der Waals surface area contributed by atoms with E-state index in [2.05, 4.69) is 50.2 Å². The number of hydrogen-bond donors (Lipinski definition) is 1. The van der Waals surface area contributed by atoms with Gasteiger partial charge in [-0.1, -0.05) is 0 Å². The number of rotatable bonds is 3. The maximum Gasteiger partial charge on any atom is 0.0708 e. The Labute approximate surface area is 117 Å². The summed E-state index contributed by atoms with van der Waals surface area (Å²) in [6.07, 6.45) is 1.87. The Bertz CT molecular complexity index is 386. The van der Waals surface area contributed by atoms with Crippen LogP contribution in [0.15, 0.2) is 10.7 Å². The van der Waals surface area contributed by atoms with Gasteiger partial charge in [0.15, 0.2) is 0 Å². The van der Waals surface area contributed by atoms with Crippen molar-refractivity contribution < 1.29 is 0 Å². The van der Waals surface area contributed by atoms with E-state index in [0.717, 1.165) is 24.1 Å². The molecule has 2 heterocycles. The molecule has 1 aromatic heterocycles. The minimum atomic E-state index is 0.277. The van der Waals surface area contributed by atoms with E-state index in [9.17, 15) is 0 Å². The predicted molar refractivity (Wildman–Crippen MR) is 76.6 cm³/mol. The highest BCUT2D eigenvalue weighted by Crippen LogP contribution is 2.28. The zero-order chi connectivity index (χ0) is 13.3. The minimum absolute atomic E-state index is 0.277. The van der Waals surface area contributed by atoms with Crippen LogP contribution >= 0.6 is 15.9 Å². The van der Waals surface area contributed by atoms with Gasteiger partial charge in [-0.3, -0.25) is 9.58 Å². The summed E-state index contributed by atoms with van der Waals surface area (Å²) in [5, 5.41) is 7.77. The monoisotopic (exact) mass is 315 g/mol. The number of halogens is 1. The van der Waals surface area contributed by atoms with Gasteiger partial charge in [-0.15, -0.1) is 0 Å². The van der Waals surface area contributed by atoms with Crippen molar-refractivity contribution in [1.82, 2.24) is 24.9 Å². The SMILES string of the molecule is CNC(c1c(Br)cnn1C)C1CN(C)CCN1C. The first kappa shape index (κ1) is 14.0. The Morgan fingerprint density at radius 3 is 2.67 bits per heavy atom. The van der Waals surface area contributed by atoms with Crippen LogP contribution in [0, 0.1) is 0 Å². The van der Waals surface area contributed by atoms with Crippen LogP contribution in [0.3, 0.4) is 0 Å². The van der Waals surface area contributed by atoms with Gasteiger partial charge < -0.3 is 10.2 Å². The molecular formula is C12H22BrN5. The van der Waals surface area contributed by atoms with Crippen molar-refractivity contribution in [2.45, 2.75) is 12.1 Å². The van der Waals surface area contributed by atoms with Crippen LogP contribution < -0.4 is 5.32 Å². The molecule has 1 N–H and O–H groups in total. The summed E-state index contributed by atoms with van der Waals surface area (Å²) in [4.78, 5) is 4.82. The van der Waals surface area contributed by atoms with Gasteiger partial charge in [-0.05, 0) is 37.1 Å². The topological polar surface area (TPSA) is 36.3 Å². The second kappa shape index (κ2) is 5.69. The lowest BCUT2D eigenvalue weighted by atomic mass is 10.0. The quantitative estimate of drug-likeness (QED) is 0.890. The fourth-order valence-electron chi connectivity index (χ4n) is 2.69. The van der Waals surface area contributed by atoms with Crippen molar-refractivity contribution >= 4 is 15.9 Å². The molecule has 18 heavy (non-hydrogen) atoms. The zero-order valence-corrected chi connectivity index (χ0v) is 13.1. The summed E-state index contributed by atoms with van der Waals surface area (Å²) >= 11 is 3.60. The van der Waals surface area contributed by atoms with Crippen LogP contribution in [-0.2, 0) is 7.05 Å². The Morgan fingerprint density at radius 2 is 2.11 bits per heavy atom. The summed E-state index contributed by atoms with van der Waals surface area (Å²) in [6, 6.07) is 0.736. The van der Waals surface area contributed by atoms with Crippen LogP contribution in [0.1, 0.15) is 11.7 Å². The minimum Gasteiger partial charge on any atom is -0.310 e. The zero-order valence-electron chi connectivity index (χ0n) is 11.5. The summed E-state index contributed by atoms with van der Waals surface area (Å²) in [5.41, 5.74) is 1.21. The second-order valence-corrected chi connectivity index (χ2v) is 5.93. The number of nitrogens with one attached hydrogen (secondary N) is 1. The summed E-state index contributed by atoms with van der Waals surface area (Å²) in [6.45, 7) is 3.31. The van der Waals surface area contributed by atoms with Gasteiger partial charge >= 0.3 is 0 Å². The van der Waals surface area contributed by atoms with Crippen LogP contribution in [-0.4, -0.2) is 66.4 Å². The molecule has 2 rings (SSSR count). The molecule has 0 aromatic carbocycles. The molecule has 1 aromatic rings. The average molecular weight is 316 g/mol. The number of nitrogens with zero attached hydrogens (tertiary/aromatic N) is 4. The normalized spacial score (nSPS) is 24.4. The molecule has 1 fully saturated rings. The van der Waals surface area contributed by atoms with E-state index in [-0.39, 0.29) is 6.04 Å². The van der Waals surface area contributed by atoms with Crippen molar-refractivity contribution in [3.63, 3.8) is 0 Å². The summed E-state index contributed by atoms with van der Waals surface area (Å²) < 4.78 is 3.03. The van der Waals surface area contributed by atoms with Gasteiger partial charge in [-0.25, -0.2) is 0 Å². The maximum atomic E-state index is 4.32. The highest BCUT2D eigenvalue weighted by atomic mass is 79.9. The molecule has 1 aliphatic rings. The van der Waals surface area contributed by atoms with Crippen molar-refractivity contribution in [1.29, 1.82) is 0 Å². The molecule has 0 amide bonds. The smallest absolute Gasteiger partial charge is 0.0708 e. The summed E-state index contributed by atoms with van der Waals surface area (Å²) in [5.74, 6) is 0. The number of aromatic nitrogens is 2. The fourth-order valence-corrected chi connectivity index (χ4v) is 3.28. The van der Waals surface area contributed by atoms with Crippen molar-refractivity contribution in [2.24, 2.45) is 7.05 Å². The third-order valence-electron chi connectivity index (χ3n) is 3.83. The lowest BCUT2D eigenvalue weighted by Crippen LogP contribution is -2.55. The molecule has 1 aliphatic heterocycles. The van der Waals surface area contributed by atoms with Crippen LogP contribution in [0.4, 0.5) is 0 Å². The average Bonchev–Trinajstić information content (AvgIpc) is 2.66. The highest BCUT2D eigenvalue weighted by molar-refractivity contribution is 9.10. The van der Waals surface area contributed by atoms with Crippen LogP contribution in [0.5, 0.6) is 0 Å². The molecule has 0 bridgehead atoms. The third-order valence-corrected chi connectivity index (χ3v) is 4.44. The van der Waals surface area contributed by atoms with Gasteiger partial charge in [0.25, 0.3) is 0 Å². The van der Waals surface area contributed by atoms with E-state index >= 15 is 0 Å². The molecule has 2 atom stereocenters. The lowest BCUT2D eigenvalue weighted by Gasteiger charge is -2.41. The van der Waals surface area contributed by atoms with E-state index in [0.29, 0.717) is 6.04 Å². The molecule has 0 aliphatic carbocycles. The van der Waals surface area contributed by atoms with Crippen molar-refractivity contribution in [3.8, 4) is 0 Å². The van der Waals surface area contributed by atoms with E-state index in [4.69, 9.17) is 0 Å². The fraction of sp³-hybridized carbons (Fsp3) is 0.750. The van der Waals surface area contributed by atoms with Gasteiger partial charge in [0.05, 0.1) is 22.4 Å². The Kier molecular flexibility index (Phi) is 4.42. The molecule has 6 heteroatoms.